The topological polar surface area (TPSA) is 77.2 Å². The highest BCUT2D eigenvalue weighted by molar-refractivity contribution is 6.35. The van der Waals surface area contributed by atoms with E-state index in [0.29, 0.717) is 19.5 Å². The molecule has 0 atom stereocenters. The molecule has 0 unspecified atom stereocenters. The summed E-state index contributed by atoms with van der Waals surface area (Å²) in [7, 11) is 0. The molecule has 0 saturated heterocycles. The predicted octanol–water partition coefficient (Wildman–Crippen LogP) is 1.67. The van der Waals surface area contributed by atoms with Gasteiger partial charge in [0.2, 0.25) is 0 Å². The summed E-state index contributed by atoms with van der Waals surface area (Å²) in [6.45, 7) is 8.11. The summed E-state index contributed by atoms with van der Waals surface area (Å²) in [5, 5.41) is 6.51. The van der Waals surface area contributed by atoms with Crippen LogP contribution in [0.2, 0.25) is 0 Å². The summed E-state index contributed by atoms with van der Waals surface area (Å²) in [5.41, 5.74) is 2.21. The van der Waals surface area contributed by atoms with Gasteiger partial charge in [0.1, 0.15) is 0 Å². The number of nitrogens with zero attached hydrogens (tertiary/aromatic N) is 1. The Morgan fingerprint density at radius 3 is 2.44 bits per heavy atom. The molecule has 0 bridgehead atoms. The number of carbonyl (C=O) groups excluding carboxylic acids is 2. The maximum absolute atomic E-state index is 11.8. The van der Waals surface area contributed by atoms with E-state index in [9.17, 15) is 9.59 Å². The van der Waals surface area contributed by atoms with Crippen LogP contribution in [0.5, 0.6) is 0 Å². The molecular weight excluding hydrogens is 316 g/mol. The lowest BCUT2D eigenvalue weighted by atomic mass is 10.1. The lowest BCUT2D eigenvalue weighted by Gasteiger charge is -2.17. The van der Waals surface area contributed by atoms with E-state index in [1.165, 1.54) is 0 Å². The standard InChI is InChI=1S/C19H28N4O2/c1-3-23(4-2)13-7-11-20-18(24)19(25)21-12-10-15-14-22-17-9-6-5-8-16(15)17/h5-6,8-9,14,22H,3-4,7,10-13H2,1-2H3,(H,20,24)(H,21,25). The lowest BCUT2D eigenvalue weighted by Crippen LogP contribution is -2.41. The van der Waals surface area contributed by atoms with Crippen molar-refractivity contribution >= 4 is 22.7 Å². The van der Waals surface area contributed by atoms with E-state index in [2.05, 4.69) is 34.4 Å². The van der Waals surface area contributed by atoms with Crippen LogP contribution in [0.3, 0.4) is 0 Å². The highest BCUT2D eigenvalue weighted by atomic mass is 16.2. The number of para-hydroxylation sites is 1. The fraction of sp³-hybridized carbons (Fsp3) is 0.474. The van der Waals surface area contributed by atoms with Crippen molar-refractivity contribution in [1.29, 1.82) is 0 Å². The minimum Gasteiger partial charge on any atom is -0.361 e. The quantitative estimate of drug-likeness (QED) is 0.478. The van der Waals surface area contributed by atoms with Gasteiger partial charge in [-0.2, -0.15) is 0 Å². The van der Waals surface area contributed by atoms with Gasteiger partial charge in [-0.1, -0.05) is 32.0 Å². The predicted molar refractivity (Wildman–Crippen MR) is 100 cm³/mol. The Morgan fingerprint density at radius 2 is 1.72 bits per heavy atom. The molecule has 1 aromatic carbocycles. The second-order valence-electron chi connectivity index (χ2n) is 6.00. The number of hydrogen-bond acceptors (Lipinski definition) is 3. The molecule has 136 valence electrons. The van der Waals surface area contributed by atoms with Crippen molar-refractivity contribution in [1.82, 2.24) is 20.5 Å². The number of rotatable bonds is 9. The highest BCUT2D eigenvalue weighted by Gasteiger charge is 2.12. The van der Waals surface area contributed by atoms with Gasteiger partial charge in [0, 0.05) is 30.2 Å². The molecule has 0 saturated carbocycles. The highest BCUT2D eigenvalue weighted by Crippen LogP contribution is 2.17. The third-order valence-electron chi connectivity index (χ3n) is 4.39. The minimum atomic E-state index is -0.567. The Hall–Kier alpha value is -2.34. The SMILES string of the molecule is CCN(CC)CCCNC(=O)C(=O)NCCc1c[nH]c2ccccc12. The van der Waals surface area contributed by atoms with Crippen molar-refractivity contribution in [3.63, 3.8) is 0 Å². The Balaban J connectivity index is 1.67. The van der Waals surface area contributed by atoms with Gasteiger partial charge in [0.15, 0.2) is 0 Å². The monoisotopic (exact) mass is 344 g/mol. The van der Waals surface area contributed by atoms with Gasteiger partial charge < -0.3 is 20.5 Å². The smallest absolute Gasteiger partial charge is 0.309 e. The Morgan fingerprint density at radius 1 is 1.04 bits per heavy atom. The van der Waals surface area contributed by atoms with E-state index in [-0.39, 0.29) is 0 Å². The van der Waals surface area contributed by atoms with Crippen LogP contribution in [0.15, 0.2) is 30.5 Å². The largest absolute Gasteiger partial charge is 0.361 e. The van der Waals surface area contributed by atoms with Crippen LogP contribution in [0.25, 0.3) is 10.9 Å². The average molecular weight is 344 g/mol. The number of aromatic amines is 1. The molecule has 0 aliphatic carbocycles. The van der Waals surface area contributed by atoms with Crippen molar-refractivity contribution in [3.05, 3.63) is 36.0 Å². The molecule has 6 heteroatoms. The average Bonchev–Trinajstić information content (AvgIpc) is 3.05. The van der Waals surface area contributed by atoms with E-state index < -0.39 is 11.8 Å². The summed E-state index contributed by atoms with van der Waals surface area (Å²) < 4.78 is 0. The van der Waals surface area contributed by atoms with Crippen LogP contribution in [0.4, 0.5) is 0 Å². The Labute approximate surface area is 149 Å². The van der Waals surface area contributed by atoms with Crippen LogP contribution in [-0.4, -0.2) is 54.4 Å². The molecular formula is C19H28N4O2. The number of carbonyl (C=O) groups is 2. The van der Waals surface area contributed by atoms with Gasteiger partial charge in [-0.15, -0.1) is 0 Å². The minimum absolute atomic E-state index is 0.438. The maximum atomic E-state index is 11.8. The van der Waals surface area contributed by atoms with Crippen molar-refractivity contribution < 1.29 is 9.59 Å². The summed E-state index contributed by atoms with van der Waals surface area (Å²) in [5.74, 6) is -1.12. The number of benzene rings is 1. The number of H-pyrrole nitrogens is 1. The summed E-state index contributed by atoms with van der Waals surface area (Å²) in [4.78, 5) is 29.1. The first-order chi connectivity index (χ1) is 12.2. The molecule has 2 rings (SSSR count). The van der Waals surface area contributed by atoms with Gasteiger partial charge in [0.25, 0.3) is 0 Å². The molecule has 25 heavy (non-hydrogen) atoms. The second kappa shape index (κ2) is 9.84. The fourth-order valence-corrected chi connectivity index (χ4v) is 2.85. The first-order valence-corrected chi connectivity index (χ1v) is 8.99. The zero-order valence-corrected chi connectivity index (χ0v) is 15.1. The van der Waals surface area contributed by atoms with Crippen LogP contribution in [0.1, 0.15) is 25.8 Å². The zero-order chi connectivity index (χ0) is 18.1. The summed E-state index contributed by atoms with van der Waals surface area (Å²) in [6, 6.07) is 8.04. The van der Waals surface area contributed by atoms with Crippen molar-refractivity contribution in [3.8, 4) is 0 Å². The molecule has 0 fully saturated rings. The van der Waals surface area contributed by atoms with Crippen molar-refractivity contribution in [2.24, 2.45) is 0 Å². The molecule has 0 spiro atoms. The number of amides is 2. The van der Waals surface area contributed by atoms with E-state index in [4.69, 9.17) is 0 Å². The first-order valence-electron chi connectivity index (χ1n) is 8.99. The fourth-order valence-electron chi connectivity index (χ4n) is 2.85. The van der Waals surface area contributed by atoms with E-state index in [1.54, 1.807) is 0 Å². The molecule has 2 amide bonds. The van der Waals surface area contributed by atoms with E-state index >= 15 is 0 Å². The number of nitrogens with one attached hydrogen (secondary N) is 3. The summed E-state index contributed by atoms with van der Waals surface area (Å²) >= 11 is 0. The van der Waals surface area contributed by atoms with Crippen LogP contribution < -0.4 is 10.6 Å². The lowest BCUT2D eigenvalue weighted by molar-refractivity contribution is -0.139. The normalized spacial score (nSPS) is 11.0. The Bertz CT molecular complexity index is 692. The molecule has 0 radical (unpaired) electrons. The van der Waals surface area contributed by atoms with Gasteiger partial charge >= 0.3 is 11.8 Å². The van der Waals surface area contributed by atoms with Crippen LogP contribution in [0, 0.1) is 0 Å². The molecule has 1 aromatic heterocycles. The van der Waals surface area contributed by atoms with E-state index in [0.717, 1.165) is 42.5 Å². The van der Waals surface area contributed by atoms with Gasteiger partial charge in [-0.25, -0.2) is 0 Å². The van der Waals surface area contributed by atoms with Gasteiger partial charge in [-0.05, 0) is 44.1 Å². The van der Waals surface area contributed by atoms with Crippen molar-refractivity contribution in [2.45, 2.75) is 26.7 Å². The number of hydrogen-bond donors (Lipinski definition) is 3. The van der Waals surface area contributed by atoms with Gasteiger partial charge in [-0.3, -0.25) is 9.59 Å². The second-order valence-corrected chi connectivity index (χ2v) is 6.00. The van der Waals surface area contributed by atoms with Crippen LogP contribution in [-0.2, 0) is 16.0 Å². The van der Waals surface area contributed by atoms with Gasteiger partial charge in [0.05, 0.1) is 0 Å². The molecule has 2 aromatic rings. The molecule has 3 N–H and O–H groups in total. The number of aromatic nitrogens is 1. The Kier molecular flexibility index (Phi) is 7.47. The third kappa shape index (κ3) is 5.60. The third-order valence-corrected chi connectivity index (χ3v) is 4.39. The molecule has 0 aliphatic heterocycles. The van der Waals surface area contributed by atoms with Crippen molar-refractivity contribution in [2.75, 3.05) is 32.7 Å². The molecule has 6 nitrogen and oxygen atoms in total. The number of fused-ring (bicyclic) bond motifs is 1. The molecule has 0 aliphatic rings. The zero-order valence-electron chi connectivity index (χ0n) is 15.1. The van der Waals surface area contributed by atoms with Crippen LogP contribution >= 0.6 is 0 Å². The van der Waals surface area contributed by atoms with E-state index in [1.807, 2.05) is 30.5 Å². The first kappa shape index (κ1) is 19.0. The molecule has 1 heterocycles. The maximum Gasteiger partial charge on any atom is 0.309 e. The summed E-state index contributed by atoms with van der Waals surface area (Å²) in [6.07, 6.45) is 3.48.